The second-order valence-corrected chi connectivity index (χ2v) is 9.80. The first-order chi connectivity index (χ1) is 13.6. The van der Waals surface area contributed by atoms with Gasteiger partial charge in [-0.2, -0.15) is 0 Å². The fraction of sp³-hybridized carbons (Fsp3) is 0.773. The monoisotopic (exact) mass is 404 g/mol. The highest BCUT2D eigenvalue weighted by molar-refractivity contribution is 5.79. The van der Waals surface area contributed by atoms with Crippen LogP contribution in [-0.4, -0.2) is 56.1 Å². The second kappa shape index (κ2) is 8.00. The Labute approximate surface area is 174 Å². The molecule has 1 unspecified atom stereocenters. The van der Waals surface area contributed by atoms with Crippen molar-refractivity contribution in [2.24, 2.45) is 11.3 Å². The van der Waals surface area contributed by atoms with E-state index in [0.717, 1.165) is 31.6 Å². The van der Waals surface area contributed by atoms with Crippen molar-refractivity contribution in [1.82, 2.24) is 19.4 Å². The van der Waals surface area contributed by atoms with Crippen molar-refractivity contribution in [2.45, 2.75) is 85.5 Å². The predicted octanol–water partition coefficient (Wildman–Crippen LogP) is 3.68. The van der Waals surface area contributed by atoms with E-state index < -0.39 is 5.60 Å². The number of piperidine rings is 1. The summed E-state index contributed by atoms with van der Waals surface area (Å²) >= 11 is 0. The van der Waals surface area contributed by atoms with E-state index in [9.17, 15) is 9.59 Å². The summed E-state index contributed by atoms with van der Waals surface area (Å²) in [5.74, 6) is 1.08. The second-order valence-electron chi connectivity index (χ2n) is 9.80. The normalized spacial score (nSPS) is 20.8. The number of carbonyl (C=O) groups is 2. The third-order valence-electron chi connectivity index (χ3n) is 6.16. The Morgan fingerprint density at radius 2 is 1.97 bits per heavy atom. The van der Waals surface area contributed by atoms with Crippen molar-refractivity contribution in [3.05, 3.63) is 18.2 Å². The molecule has 2 aliphatic rings. The quantitative estimate of drug-likeness (QED) is 0.751. The van der Waals surface area contributed by atoms with Gasteiger partial charge in [0.1, 0.15) is 11.4 Å². The first-order valence-electron chi connectivity index (χ1n) is 10.8. The number of likely N-dealkylation sites (tertiary alicyclic amines) is 1. The van der Waals surface area contributed by atoms with Gasteiger partial charge in [-0.25, -0.2) is 9.78 Å². The summed E-state index contributed by atoms with van der Waals surface area (Å²) in [4.78, 5) is 33.7. The first-order valence-corrected chi connectivity index (χ1v) is 10.8. The number of aryl methyl sites for hydroxylation is 1. The third kappa shape index (κ3) is 4.75. The Balaban J connectivity index is 1.66. The number of rotatable bonds is 5. The average molecular weight is 405 g/mol. The Morgan fingerprint density at radius 3 is 2.52 bits per heavy atom. The molecule has 162 valence electrons. The van der Waals surface area contributed by atoms with Crippen molar-refractivity contribution in [1.29, 1.82) is 0 Å². The van der Waals surface area contributed by atoms with Gasteiger partial charge in [0.15, 0.2) is 0 Å². The fourth-order valence-electron chi connectivity index (χ4n) is 4.37. The number of aromatic nitrogens is 2. The molecule has 1 atom stereocenters. The van der Waals surface area contributed by atoms with E-state index in [1.54, 1.807) is 6.20 Å². The van der Waals surface area contributed by atoms with Gasteiger partial charge in [0.05, 0.1) is 6.54 Å². The lowest BCUT2D eigenvalue weighted by atomic mass is 9.92. The van der Waals surface area contributed by atoms with Gasteiger partial charge in [0, 0.05) is 44.0 Å². The number of nitrogens with zero attached hydrogens (tertiary/aromatic N) is 4. The van der Waals surface area contributed by atoms with Gasteiger partial charge in [-0.3, -0.25) is 4.79 Å². The van der Waals surface area contributed by atoms with Crippen LogP contribution in [0, 0.1) is 11.3 Å². The zero-order valence-corrected chi connectivity index (χ0v) is 18.8. The minimum absolute atomic E-state index is 0.0421. The first kappa shape index (κ1) is 21.7. The molecule has 0 radical (unpaired) electrons. The molecule has 7 heteroatoms. The molecule has 2 amide bonds. The summed E-state index contributed by atoms with van der Waals surface area (Å²) in [5, 5.41) is 0. The number of hydrogen-bond acceptors (Lipinski definition) is 4. The fourth-order valence-corrected chi connectivity index (χ4v) is 4.37. The summed E-state index contributed by atoms with van der Waals surface area (Å²) in [6.45, 7) is 14.5. The van der Waals surface area contributed by atoms with Crippen LogP contribution in [0.4, 0.5) is 4.79 Å². The zero-order valence-electron chi connectivity index (χ0n) is 18.8. The van der Waals surface area contributed by atoms with Crippen molar-refractivity contribution < 1.29 is 14.3 Å². The van der Waals surface area contributed by atoms with Crippen LogP contribution in [0.15, 0.2) is 12.4 Å². The van der Waals surface area contributed by atoms with Crippen LogP contribution < -0.4 is 0 Å². The average Bonchev–Trinajstić information content (AvgIpc) is 3.12. The number of hydrogen-bond donors (Lipinski definition) is 0. The Bertz CT molecular complexity index is 741. The van der Waals surface area contributed by atoms with Gasteiger partial charge < -0.3 is 19.1 Å². The molecule has 2 heterocycles. The number of ether oxygens (including phenoxy) is 1. The molecule has 29 heavy (non-hydrogen) atoms. The maximum atomic E-state index is 13.0. The lowest BCUT2D eigenvalue weighted by molar-refractivity contribution is -0.136. The molecule has 1 saturated carbocycles. The molecule has 0 aromatic carbocycles. The zero-order chi connectivity index (χ0) is 21.4. The SMILES string of the molecule is CCn1ccnc1CN(C(=O)C(C)C)C1CC12CCN(C(=O)OC(C)(C)C)CC2. The van der Waals surface area contributed by atoms with Gasteiger partial charge in [-0.1, -0.05) is 13.8 Å². The van der Waals surface area contributed by atoms with Crippen LogP contribution in [0.2, 0.25) is 0 Å². The van der Waals surface area contributed by atoms with Gasteiger partial charge in [0.2, 0.25) is 5.91 Å². The van der Waals surface area contributed by atoms with E-state index in [4.69, 9.17) is 4.74 Å². The summed E-state index contributed by atoms with van der Waals surface area (Å²) in [5.41, 5.74) is -0.345. The molecule has 7 nitrogen and oxygen atoms in total. The van der Waals surface area contributed by atoms with Crippen LogP contribution in [0.25, 0.3) is 0 Å². The van der Waals surface area contributed by atoms with Gasteiger partial charge in [0.25, 0.3) is 0 Å². The van der Waals surface area contributed by atoms with Crippen LogP contribution >= 0.6 is 0 Å². The largest absolute Gasteiger partial charge is 0.444 e. The van der Waals surface area contributed by atoms with Crippen LogP contribution in [0.3, 0.4) is 0 Å². The van der Waals surface area contributed by atoms with Crippen molar-refractivity contribution in [3.8, 4) is 0 Å². The van der Waals surface area contributed by atoms with Crippen LogP contribution in [0.1, 0.15) is 66.6 Å². The smallest absolute Gasteiger partial charge is 0.410 e. The lowest BCUT2D eigenvalue weighted by Gasteiger charge is -2.36. The summed E-state index contributed by atoms with van der Waals surface area (Å²) in [7, 11) is 0. The summed E-state index contributed by atoms with van der Waals surface area (Å²) in [6.07, 6.45) is 6.39. The van der Waals surface area contributed by atoms with E-state index in [0.29, 0.717) is 19.6 Å². The maximum absolute atomic E-state index is 13.0. The molecule has 0 bridgehead atoms. The molecular weight excluding hydrogens is 368 g/mol. The molecule has 1 saturated heterocycles. The van der Waals surface area contributed by atoms with E-state index in [1.807, 2.05) is 50.6 Å². The Morgan fingerprint density at radius 1 is 1.31 bits per heavy atom. The van der Waals surface area contributed by atoms with E-state index >= 15 is 0 Å². The minimum atomic E-state index is -0.476. The van der Waals surface area contributed by atoms with E-state index in [-0.39, 0.29) is 29.4 Å². The van der Waals surface area contributed by atoms with E-state index in [1.165, 1.54) is 0 Å². The molecule has 1 aliphatic heterocycles. The van der Waals surface area contributed by atoms with Gasteiger partial charge in [-0.05, 0) is 52.4 Å². The Hall–Kier alpha value is -2.05. The van der Waals surface area contributed by atoms with E-state index in [2.05, 4.69) is 16.5 Å². The van der Waals surface area contributed by atoms with Crippen molar-refractivity contribution in [2.75, 3.05) is 13.1 Å². The minimum Gasteiger partial charge on any atom is -0.444 e. The lowest BCUT2D eigenvalue weighted by Crippen LogP contribution is -2.45. The molecule has 2 fully saturated rings. The molecule has 1 aromatic rings. The van der Waals surface area contributed by atoms with Crippen LogP contribution in [-0.2, 0) is 22.6 Å². The predicted molar refractivity (Wildman–Crippen MR) is 111 cm³/mol. The standard InChI is InChI=1S/C22H36N4O3/c1-7-24-13-10-23-18(24)15-26(19(27)16(2)3)17-14-22(17)8-11-25(12-9-22)20(28)29-21(4,5)6/h10,13,16-17H,7-9,11-12,14-15H2,1-6H3. The summed E-state index contributed by atoms with van der Waals surface area (Å²) in [6, 6.07) is 0.236. The van der Waals surface area contributed by atoms with Crippen LogP contribution in [0.5, 0.6) is 0 Å². The number of carbonyl (C=O) groups excluding carboxylic acids is 2. The number of imidazole rings is 1. The Kier molecular flexibility index (Phi) is 5.97. The highest BCUT2D eigenvalue weighted by atomic mass is 16.6. The topological polar surface area (TPSA) is 67.7 Å². The highest BCUT2D eigenvalue weighted by Gasteiger charge is 2.59. The molecule has 1 aromatic heterocycles. The van der Waals surface area contributed by atoms with Gasteiger partial charge >= 0.3 is 6.09 Å². The molecular formula is C22H36N4O3. The van der Waals surface area contributed by atoms with Crippen molar-refractivity contribution >= 4 is 12.0 Å². The molecule has 0 N–H and O–H groups in total. The molecule has 1 aliphatic carbocycles. The van der Waals surface area contributed by atoms with Gasteiger partial charge in [-0.15, -0.1) is 0 Å². The highest BCUT2D eigenvalue weighted by Crippen LogP contribution is 2.57. The maximum Gasteiger partial charge on any atom is 0.410 e. The molecule has 1 spiro atoms. The van der Waals surface area contributed by atoms with Crippen molar-refractivity contribution in [3.63, 3.8) is 0 Å². The molecule has 3 rings (SSSR count). The number of amides is 2. The third-order valence-corrected chi connectivity index (χ3v) is 6.16. The summed E-state index contributed by atoms with van der Waals surface area (Å²) < 4.78 is 7.61.